The summed E-state index contributed by atoms with van der Waals surface area (Å²) in [4.78, 5) is 25.2. The van der Waals surface area contributed by atoms with Crippen LogP contribution in [0.5, 0.6) is 5.75 Å². The van der Waals surface area contributed by atoms with Gasteiger partial charge < -0.3 is 25.1 Å². The van der Waals surface area contributed by atoms with E-state index in [0.717, 1.165) is 0 Å². The van der Waals surface area contributed by atoms with E-state index in [1.807, 2.05) is 0 Å². The SMILES string of the molecule is Cc1cc([N+](=O)[O-])nn1CCc1nc(-c2ccc(OCC(N)=O)cc2)no1. The maximum atomic E-state index is 10.8. The van der Waals surface area contributed by atoms with Crippen molar-refractivity contribution in [2.45, 2.75) is 19.9 Å². The number of benzene rings is 1. The zero-order valence-corrected chi connectivity index (χ0v) is 14.4. The molecule has 2 aromatic heterocycles. The van der Waals surface area contributed by atoms with Crippen LogP contribution in [-0.4, -0.2) is 37.4 Å². The van der Waals surface area contributed by atoms with Crippen molar-refractivity contribution in [1.82, 2.24) is 19.9 Å². The highest BCUT2D eigenvalue weighted by atomic mass is 16.6. The molecule has 3 aromatic rings. The van der Waals surface area contributed by atoms with Gasteiger partial charge in [0.25, 0.3) is 5.91 Å². The molecular formula is C16H16N6O5. The Morgan fingerprint density at radius 3 is 2.74 bits per heavy atom. The van der Waals surface area contributed by atoms with Gasteiger partial charge >= 0.3 is 5.82 Å². The summed E-state index contributed by atoms with van der Waals surface area (Å²) in [6, 6.07) is 8.19. The minimum absolute atomic E-state index is 0.197. The summed E-state index contributed by atoms with van der Waals surface area (Å²) < 4.78 is 11.9. The van der Waals surface area contributed by atoms with E-state index in [0.29, 0.717) is 41.7 Å². The molecule has 0 bridgehead atoms. The Bertz CT molecular complexity index is 962. The van der Waals surface area contributed by atoms with E-state index in [1.165, 1.54) is 10.7 Å². The fourth-order valence-electron chi connectivity index (χ4n) is 2.34. The van der Waals surface area contributed by atoms with Gasteiger partial charge in [-0.1, -0.05) is 5.16 Å². The smallest absolute Gasteiger partial charge is 0.390 e. The third kappa shape index (κ3) is 4.45. The number of aromatic nitrogens is 4. The second kappa shape index (κ2) is 7.64. The number of primary amides is 1. The number of carbonyl (C=O) groups is 1. The van der Waals surface area contributed by atoms with Gasteiger partial charge in [0.1, 0.15) is 5.75 Å². The Balaban J connectivity index is 1.63. The molecule has 0 aliphatic heterocycles. The maximum absolute atomic E-state index is 10.8. The first-order valence-electron chi connectivity index (χ1n) is 7.95. The number of nitro groups is 1. The lowest BCUT2D eigenvalue weighted by Crippen LogP contribution is -2.19. The molecular weight excluding hydrogens is 356 g/mol. The standard InChI is InChI=1S/C16H16N6O5/c1-10-8-14(22(24)25)19-21(10)7-6-15-18-16(20-27-15)11-2-4-12(5-3-11)26-9-13(17)23/h2-5,8H,6-7,9H2,1H3,(H2,17,23). The topological polar surface area (TPSA) is 152 Å². The zero-order valence-electron chi connectivity index (χ0n) is 14.4. The molecule has 0 saturated carbocycles. The van der Waals surface area contributed by atoms with Gasteiger partial charge in [0.05, 0.1) is 23.4 Å². The summed E-state index contributed by atoms with van der Waals surface area (Å²) >= 11 is 0. The number of rotatable bonds is 8. The highest BCUT2D eigenvalue weighted by molar-refractivity contribution is 5.75. The van der Waals surface area contributed by atoms with E-state index < -0.39 is 10.8 Å². The molecule has 0 unspecified atom stereocenters. The molecule has 3 rings (SSSR count). The number of aryl methyl sites for hydroxylation is 3. The van der Waals surface area contributed by atoms with Crippen LogP contribution >= 0.6 is 0 Å². The lowest BCUT2D eigenvalue weighted by atomic mass is 10.2. The second-order valence-corrected chi connectivity index (χ2v) is 5.67. The normalized spacial score (nSPS) is 10.7. The molecule has 0 saturated heterocycles. The lowest BCUT2D eigenvalue weighted by Gasteiger charge is -2.03. The number of hydrogen-bond donors (Lipinski definition) is 1. The Morgan fingerprint density at radius 2 is 2.11 bits per heavy atom. The summed E-state index contributed by atoms with van der Waals surface area (Å²) in [7, 11) is 0. The molecule has 11 nitrogen and oxygen atoms in total. The molecule has 2 N–H and O–H groups in total. The van der Waals surface area contributed by atoms with Gasteiger partial charge in [0, 0.05) is 12.0 Å². The predicted molar refractivity (Wildman–Crippen MR) is 91.7 cm³/mol. The average molecular weight is 372 g/mol. The Labute approximate surface area is 152 Å². The van der Waals surface area contributed by atoms with Gasteiger partial charge in [-0.3, -0.25) is 4.79 Å². The van der Waals surface area contributed by atoms with E-state index in [-0.39, 0.29) is 12.4 Å². The molecule has 0 radical (unpaired) electrons. The van der Waals surface area contributed by atoms with Gasteiger partial charge in [0.15, 0.2) is 6.61 Å². The fourth-order valence-corrected chi connectivity index (χ4v) is 2.34. The number of amides is 1. The Kier molecular flexibility index (Phi) is 5.11. The molecule has 2 heterocycles. The molecule has 11 heteroatoms. The number of ether oxygens (including phenoxy) is 1. The zero-order chi connectivity index (χ0) is 19.4. The van der Waals surface area contributed by atoms with Crippen LogP contribution in [0.3, 0.4) is 0 Å². The van der Waals surface area contributed by atoms with Crippen molar-refractivity contribution in [1.29, 1.82) is 0 Å². The van der Waals surface area contributed by atoms with E-state index >= 15 is 0 Å². The van der Waals surface area contributed by atoms with Gasteiger partial charge in [-0.15, -0.1) is 0 Å². The highest BCUT2D eigenvalue weighted by Crippen LogP contribution is 2.20. The minimum atomic E-state index is -0.556. The van der Waals surface area contributed by atoms with E-state index in [1.54, 1.807) is 31.2 Å². The summed E-state index contributed by atoms with van der Waals surface area (Å²) in [5.41, 5.74) is 6.41. The Hall–Kier alpha value is -3.76. The van der Waals surface area contributed by atoms with E-state index in [2.05, 4.69) is 15.2 Å². The number of carbonyl (C=O) groups excluding carboxylic acids is 1. The second-order valence-electron chi connectivity index (χ2n) is 5.67. The quantitative estimate of drug-likeness (QED) is 0.458. The third-order valence-electron chi connectivity index (χ3n) is 3.65. The van der Waals surface area contributed by atoms with Crippen molar-refractivity contribution >= 4 is 11.7 Å². The van der Waals surface area contributed by atoms with Crippen LogP contribution in [0.2, 0.25) is 0 Å². The Morgan fingerprint density at radius 1 is 1.37 bits per heavy atom. The number of nitrogens with two attached hydrogens (primary N) is 1. The van der Waals surface area contributed by atoms with Crippen molar-refractivity contribution in [2.75, 3.05) is 6.61 Å². The third-order valence-corrected chi connectivity index (χ3v) is 3.65. The fraction of sp³-hybridized carbons (Fsp3) is 0.250. The van der Waals surface area contributed by atoms with Crippen molar-refractivity contribution in [2.24, 2.45) is 5.73 Å². The van der Waals surface area contributed by atoms with Gasteiger partial charge in [0.2, 0.25) is 11.7 Å². The molecule has 0 atom stereocenters. The predicted octanol–water partition coefficient (Wildman–Crippen LogP) is 1.26. The molecule has 0 aliphatic rings. The summed E-state index contributed by atoms with van der Waals surface area (Å²) in [5, 5.41) is 18.6. The molecule has 0 spiro atoms. The molecule has 1 amide bonds. The molecule has 0 aliphatic carbocycles. The van der Waals surface area contributed by atoms with E-state index in [9.17, 15) is 14.9 Å². The van der Waals surface area contributed by atoms with Gasteiger partial charge in [-0.25, -0.2) is 0 Å². The summed E-state index contributed by atoms with van der Waals surface area (Å²) in [6.07, 6.45) is 0.381. The van der Waals surface area contributed by atoms with Crippen molar-refractivity contribution in [3.8, 4) is 17.1 Å². The van der Waals surface area contributed by atoms with Crippen LogP contribution in [0.4, 0.5) is 5.82 Å². The average Bonchev–Trinajstić information content (AvgIpc) is 3.25. The largest absolute Gasteiger partial charge is 0.484 e. The first kappa shape index (κ1) is 18.0. The number of nitrogens with zero attached hydrogens (tertiary/aromatic N) is 5. The molecule has 140 valence electrons. The van der Waals surface area contributed by atoms with Crippen molar-refractivity contribution < 1.29 is 19.0 Å². The van der Waals surface area contributed by atoms with Gasteiger partial charge in [-0.05, 0) is 36.1 Å². The number of hydrogen-bond acceptors (Lipinski definition) is 8. The first-order valence-corrected chi connectivity index (χ1v) is 7.95. The monoisotopic (exact) mass is 372 g/mol. The van der Waals surface area contributed by atoms with Crippen molar-refractivity contribution in [3.05, 3.63) is 52.0 Å². The molecule has 1 aromatic carbocycles. The summed E-state index contributed by atoms with van der Waals surface area (Å²) in [5.74, 6) is 0.528. The van der Waals surface area contributed by atoms with Crippen LogP contribution < -0.4 is 10.5 Å². The molecule has 27 heavy (non-hydrogen) atoms. The maximum Gasteiger partial charge on any atom is 0.390 e. The van der Waals surface area contributed by atoms with Crippen LogP contribution in [0.15, 0.2) is 34.9 Å². The first-order chi connectivity index (χ1) is 12.9. The van der Waals surface area contributed by atoms with Crippen LogP contribution in [0.25, 0.3) is 11.4 Å². The highest BCUT2D eigenvalue weighted by Gasteiger charge is 2.16. The molecule has 0 fully saturated rings. The lowest BCUT2D eigenvalue weighted by molar-refractivity contribution is -0.389. The van der Waals surface area contributed by atoms with E-state index in [4.69, 9.17) is 15.0 Å². The minimum Gasteiger partial charge on any atom is -0.484 e. The van der Waals surface area contributed by atoms with Crippen LogP contribution in [-0.2, 0) is 17.8 Å². The van der Waals surface area contributed by atoms with Crippen LogP contribution in [0, 0.1) is 17.0 Å². The van der Waals surface area contributed by atoms with Crippen LogP contribution in [0.1, 0.15) is 11.6 Å². The summed E-state index contributed by atoms with van der Waals surface area (Å²) in [6.45, 7) is 1.92. The van der Waals surface area contributed by atoms with Crippen molar-refractivity contribution in [3.63, 3.8) is 0 Å². The van der Waals surface area contributed by atoms with Gasteiger partial charge in [-0.2, -0.15) is 9.67 Å².